The molecule has 2 aromatic carbocycles. The maximum absolute atomic E-state index is 3.99. The Labute approximate surface area is 108 Å². The van der Waals surface area contributed by atoms with Crippen molar-refractivity contribution < 1.29 is 0 Å². The van der Waals surface area contributed by atoms with E-state index in [1.54, 1.807) is 0 Å². The summed E-state index contributed by atoms with van der Waals surface area (Å²) in [5.74, 6) is 0. The fourth-order valence-corrected chi connectivity index (χ4v) is 2.81. The average molecular weight is 232 g/mol. The summed E-state index contributed by atoms with van der Waals surface area (Å²) in [5, 5.41) is 0. The molecule has 1 aliphatic carbocycles. The predicted octanol–water partition coefficient (Wildman–Crippen LogP) is 4.93. The van der Waals surface area contributed by atoms with Crippen LogP contribution in [0.1, 0.15) is 29.2 Å². The van der Waals surface area contributed by atoms with Crippen LogP contribution in [0.25, 0.3) is 23.3 Å². The normalized spacial score (nSPS) is 12.5. The molecule has 0 aromatic heterocycles. The molecule has 0 N–H and O–H groups in total. The maximum Gasteiger partial charge on any atom is -0.00132 e. The van der Waals surface area contributed by atoms with Gasteiger partial charge in [0.1, 0.15) is 0 Å². The lowest BCUT2D eigenvalue weighted by Crippen LogP contribution is -1.88. The summed E-state index contributed by atoms with van der Waals surface area (Å²) >= 11 is 0. The summed E-state index contributed by atoms with van der Waals surface area (Å²) in [7, 11) is 0. The largest absolute Gasteiger partial charge is 0.0984 e. The van der Waals surface area contributed by atoms with Crippen LogP contribution in [0, 0.1) is 0 Å². The van der Waals surface area contributed by atoms with Gasteiger partial charge < -0.3 is 0 Å². The van der Waals surface area contributed by atoms with E-state index in [4.69, 9.17) is 0 Å². The minimum atomic E-state index is 1.04. The summed E-state index contributed by atoms with van der Waals surface area (Å²) in [6.07, 6.45) is 7.26. The van der Waals surface area contributed by atoms with Gasteiger partial charge in [-0.2, -0.15) is 0 Å². The van der Waals surface area contributed by atoms with Gasteiger partial charge in [-0.3, -0.25) is 0 Å². The standard InChI is InChI=1S/C18H16/c1-3-7-13-10-11-15-12-14-8-5-6-9-17(14)18(15)16(13)4-2/h3-11H,2,12H2,1H3/b7-3-. The maximum atomic E-state index is 3.99. The second-order valence-electron chi connectivity index (χ2n) is 4.64. The lowest BCUT2D eigenvalue weighted by molar-refractivity contribution is 1.26. The van der Waals surface area contributed by atoms with Crippen LogP contribution >= 0.6 is 0 Å². The third-order valence-electron chi connectivity index (χ3n) is 3.58. The number of allylic oxidation sites excluding steroid dienone is 1. The number of benzene rings is 2. The van der Waals surface area contributed by atoms with E-state index >= 15 is 0 Å². The zero-order valence-electron chi connectivity index (χ0n) is 10.6. The van der Waals surface area contributed by atoms with E-state index in [9.17, 15) is 0 Å². The molecule has 3 rings (SSSR count). The third-order valence-corrected chi connectivity index (χ3v) is 3.58. The minimum absolute atomic E-state index is 1.04. The highest BCUT2D eigenvalue weighted by Gasteiger charge is 2.20. The smallest absolute Gasteiger partial charge is 0.00132 e. The number of fused-ring (bicyclic) bond motifs is 3. The molecule has 0 radical (unpaired) electrons. The highest BCUT2D eigenvalue weighted by molar-refractivity contribution is 5.87. The van der Waals surface area contributed by atoms with Crippen LogP contribution in [0.15, 0.2) is 49.1 Å². The lowest BCUT2D eigenvalue weighted by atomic mass is 9.94. The molecule has 0 saturated heterocycles. The number of rotatable bonds is 2. The summed E-state index contributed by atoms with van der Waals surface area (Å²) in [4.78, 5) is 0. The molecule has 0 saturated carbocycles. The zero-order chi connectivity index (χ0) is 12.5. The van der Waals surface area contributed by atoms with Gasteiger partial charge in [0.05, 0.1) is 0 Å². The van der Waals surface area contributed by atoms with Crippen molar-refractivity contribution in [3.63, 3.8) is 0 Å². The summed E-state index contributed by atoms with van der Waals surface area (Å²) in [6.45, 7) is 6.04. The van der Waals surface area contributed by atoms with Gasteiger partial charge in [0.2, 0.25) is 0 Å². The third kappa shape index (κ3) is 1.53. The lowest BCUT2D eigenvalue weighted by Gasteiger charge is -2.09. The van der Waals surface area contributed by atoms with Gasteiger partial charge in [-0.05, 0) is 46.7 Å². The molecule has 18 heavy (non-hydrogen) atoms. The Kier molecular flexibility index (Phi) is 2.64. The van der Waals surface area contributed by atoms with E-state index in [-0.39, 0.29) is 0 Å². The van der Waals surface area contributed by atoms with Crippen LogP contribution in [-0.2, 0) is 6.42 Å². The van der Waals surface area contributed by atoms with Gasteiger partial charge in [-0.15, -0.1) is 0 Å². The van der Waals surface area contributed by atoms with Gasteiger partial charge in [-0.1, -0.05) is 61.2 Å². The first-order valence-corrected chi connectivity index (χ1v) is 6.34. The Bertz CT molecular complexity index is 645. The Hall–Kier alpha value is -2.08. The molecule has 0 heterocycles. The quantitative estimate of drug-likeness (QED) is 0.587. The molecule has 1 aliphatic rings. The van der Waals surface area contributed by atoms with Gasteiger partial charge in [0, 0.05) is 0 Å². The molecule has 88 valence electrons. The van der Waals surface area contributed by atoms with E-state index in [2.05, 4.69) is 55.1 Å². The van der Waals surface area contributed by atoms with Crippen molar-refractivity contribution >= 4 is 12.2 Å². The van der Waals surface area contributed by atoms with Crippen molar-refractivity contribution in [3.05, 3.63) is 71.3 Å². The van der Waals surface area contributed by atoms with Crippen molar-refractivity contribution in [3.8, 4) is 11.1 Å². The second kappa shape index (κ2) is 4.30. The minimum Gasteiger partial charge on any atom is -0.0984 e. The fourth-order valence-electron chi connectivity index (χ4n) is 2.81. The topological polar surface area (TPSA) is 0 Å². The van der Waals surface area contributed by atoms with Gasteiger partial charge in [-0.25, -0.2) is 0 Å². The van der Waals surface area contributed by atoms with E-state index < -0.39 is 0 Å². The molecule has 0 atom stereocenters. The van der Waals surface area contributed by atoms with Crippen molar-refractivity contribution in [1.29, 1.82) is 0 Å². The summed E-state index contributed by atoms with van der Waals surface area (Å²) in [5.41, 5.74) is 8.09. The van der Waals surface area contributed by atoms with Crippen molar-refractivity contribution in [2.75, 3.05) is 0 Å². The molecule has 0 fully saturated rings. The Morgan fingerprint density at radius 3 is 2.67 bits per heavy atom. The molecule has 2 aromatic rings. The Morgan fingerprint density at radius 2 is 1.89 bits per heavy atom. The Balaban J connectivity index is 2.31. The monoisotopic (exact) mass is 232 g/mol. The molecular formula is C18H16. The molecule has 0 nitrogen and oxygen atoms in total. The van der Waals surface area contributed by atoms with Crippen LogP contribution in [0.3, 0.4) is 0 Å². The zero-order valence-corrected chi connectivity index (χ0v) is 10.6. The van der Waals surface area contributed by atoms with E-state index in [0.717, 1.165) is 6.42 Å². The van der Waals surface area contributed by atoms with E-state index in [0.29, 0.717) is 0 Å². The van der Waals surface area contributed by atoms with Gasteiger partial charge in [0.15, 0.2) is 0 Å². The first kappa shape index (κ1) is 11.0. The van der Waals surface area contributed by atoms with Crippen LogP contribution in [0.2, 0.25) is 0 Å². The number of hydrogen-bond acceptors (Lipinski definition) is 0. The van der Waals surface area contributed by atoms with Crippen LogP contribution in [0.5, 0.6) is 0 Å². The van der Waals surface area contributed by atoms with E-state index in [1.807, 2.05) is 13.0 Å². The van der Waals surface area contributed by atoms with Gasteiger partial charge >= 0.3 is 0 Å². The molecule has 0 spiro atoms. The van der Waals surface area contributed by atoms with Crippen molar-refractivity contribution in [2.45, 2.75) is 13.3 Å². The molecule has 0 bridgehead atoms. The van der Waals surface area contributed by atoms with Crippen LogP contribution in [-0.4, -0.2) is 0 Å². The van der Waals surface area contributed by atoms with Gasteiger partial charge in [0.25, 0.3) is 0 Å². The summed E-state index contributed by atoms with van der Waals surface area (Å²) < 4.78 is 0. The van der Waals surface area contributed by atoms with Crippen LogP contribution < -0.4 is 0 Å². The highest BCUT2D eigenvalue weighted by Crippen LogP contribution is 2.40. The molecule has 0 aliphatic heterocycles. The average Bonchev–Trinajstić information content (AvgIpc) is 2.78. The van der Waals surface area contributed by atoms with Crippen molar-refractivity contribution in [2.24, 2.45) is 0 Å². The second-order valence-corrected chi connectivity index (χ2v) is 4.64. The van der Waals surface area contributed by atoms with Crippen molar-refractivity contribution in [1.82, 2.24) is 0 Å². The Morgan fingerprint density at radius 1 is 1.06 bits per heavy atom. The van der Waals surface area contributed by atoms with Crippen LogP contribution in [0.4, 0.5) is 0 Å². The fraction of sp³-hybridized carbons (Fsp3) is 0.111. The van der Waals surface area contributed by atoms with E-state index in [1.165, 1.54) is 33.4 Å². The summed E-state index contributed by atoms with van der Waals surface area (Å²) in [6, 6.07) is 13.1. The predicted molar refractivity (Wildman–Crippen MR) is 79.5 cm³/mol. The molecule has 0 unspecified atom stereocenters. The first-order valence-electron chi connectivity index (χ1n) is 6.34. The highest BCUT2D eigenvalue weighted by atomic mass is 14.2. The molecule has 0 amide bonds. The first-order chi connectivity index (χ1) is 8.85. The number of hydrogen-bond donors (Lipinski definition) is 0. The molecular weight excluding hydrogens is 216 g/mol. The molecule has 0 heteroatoms. The SMILES string of the molecule is C=Cc1c(/C=C\C)ccc2c1-c1ccccc1C2.